The first kappa shape index (κ1) is 21.6. The minimum absolute atomic E-state index is 0.173. The van der Waals surface area contributed by atoms with E-state index in [1.165, 1.54) is 7.11 Å². The summed E-state index contributed by atoms with van der Waals surface area (Å²) < 4.78 is 4.61. The molecule has 4 heteroatoms. The fraction of sp³-hybridized carbons (Fsp3) is 0.714. The van der Waals surface area contributed by atoms with Crippen LogP contribution in [0.3, 0.4) is 0 Å². The van der Waals surface area contributed by atoms with E-state index in [2.05, 4.69) is 23.8 Å². The fourth-order valence-corrected chi connectivity index (χ4v) is 3.35. The zero-order valence-corrected chi connectivity index (χ0v) is 15.8. The Morgan fingerprint density at radius 1 is 1.12 bits per heavy atom. The summed E-state index contributed by atoms with van der Waals surface area (Å²) in [4.78, 5) is 22.9. The number of ether oxygens (including phenoxy) is 1. The highest BCUT2D eigenvalue weighted by Gasteiger charge is 2.32. The van der Waals surface area contributed by atoms with Gasteiger partial charge in [0.1, 0.15) is 0 Å². The lowest BCUT2D eigenvalue weighted by atomic mass is 9.90. The molecular formula is C21H34O4. The second kappa shape index (κ2) is 12.9. The number of rotatable bonds is 12. The third-order valence-corrected chi connectivity index (χ3v) is 4.95. The molecule has 1 saturated carbocycles. The molecule has 0 aromatic carbocycles. The number of unbranched alkanes of at least 4 members (excludes halogenated alkanes) is 3. The maximum atomic E-state index is 11.9. The number of esters is 1. The van der Waals surface area contributed by atoms with Gasteiger partial charge in [0.25, 0.3) is 0 Å². The van der Waals surface area contributed by atoms with Gasteiger partial charge in [-0.2, -0.15) is 0 Å². The molecule has 0 aromatic heterocycles. The number of carbonyl (C=O) groups is 2. The quantitative estimate of drug-likeness (QED) is 0.246. The second-order valence-corrected chi connectivity index (χ2v) is 6.93. The molecule has 25 heavy (non-hydrogen) atoms. The van der Waals surface area contributed by atoms with E-state index in [0.29, 0.717) is 12.8 Å². The van der Waals surface area contributed by atoms with E-state index in [-0.39, 0.29) is 29.7 Å². The van der Waals surface area contributed by atoms with Crippen LogP contribution in [-0.2, 0) is 14.3 Å². The molecular weight excluding hydrogens is 316 g/mol. The summed E-state index contributed by atoms with van der Waals surface area (Å²) in [7, 11) is 1.40. The Balaban J connectivity index is 2.35. The molecule has 0 heterocycles. The van der Waals surface area contributed by atoms with Crippen LogP contribution in [0.15, 0.2) is 24.3 Å². The Bertz CT molecular complexity index is 453. The normalized spacial score (nSPS) is 23.6. The van der Waals surface area contributed by atoms with Crippen molar-refractivity contribution in [2.24, 2.45) is 11.8 Å². The highest BCUT2D eigenvalue weighted by atomic mass is 16.5. The number of methoxy groups -OCH3 is 1. The lowest BCUT2D eigenvalue weighted by molar-refractivity contribution is -0.140. The number of aliphatic hydroxyl groups is 1. The van der Waals surface area contributed by atoms with Gasteiger partial charge in [0.2, 0.25) is 0 Å². The van der Waals surface area contributed by atoms with Crippen LogP contribution in [0.1, 0.15) is 71.1 Å². The van der Waals surface area contributed by atoms with Gasteiger partial charge in [-0.05, 0) is 56.4 Å². The third kappa shape index (κ3) is 9.01. The summed E-state index contributed by atoms with van der Waals surface area (Å²) in [5, 5.41) is 10.2. The smallest absolute Gasteiger partial charge is 0.305 e. The molecule has 1 aliphatic carbocycles. The van der Waals surface area contributed by atoms with Crippen molar-refractivity contribution in [1.82, 2.24) is 0 Å². The first-order chi connectivity index (χ1) is 12.1. The monoisotopic (exact) mass is 350 g/mol. The summed E-state index contributed by atoms with van der Waals surface area (Å²) in [6, 6.07) is 0. The van der Waals surface area contributed by atoms with Crippen molar-refractivity contribution in [3.05, 3.63) is 24.3 Å². The topological polar surface area (TPSA) is 63.6 Å². The minimum Gasteiger partial charge on any atom is -0.469 e. The standard InChI is InChI=1S/C21H34O4/c1-3-4-7-10-18(22)15-13-17-14-16-20(23)19(17)11-8-5-6-9-12-21(24)25-2/h5,8,13,15,17,19-20,23H,3-4,6-7,9-12,14,16H2,1-2H3. The largest absolute Gasteiger partial charge is 0.469 e. The van der Waals surface area contributed by atoms with Gasteiger partial charge in [0.15, 0.2) is 5.78 Å². The van der Waals surface area contributed by atoms with Gasteiger partial charge < -0.3 is 9.84 Å². The maximum Gasteiger partial charge on any atom is 0.305 e. The lowest BCUT2D eigenvalue weighted by Gasteiger charge is -2.17. The summed E-state index contributed by atoms with van der Waals surface area (Å²) in [5.41, 5.74) is 0. The summed E-state index contributed by atoms with van der Waals surface area (Å²) >= 11 is 0. The Morgan fingerprint density at radius 3 is 2.64 bits per heavy atom. The zero-order valence-electron chi connectivity index (χ0n) is 15.8. The van der Waals surface area contributed by atoms with Crippen molar-refractivity contribution in [3.8, 4) is 0 Å². The highest BCUT2D eigenvalue weighted by molar-refractivity contribution is 5.89. The van der Waals surface area contributed by atoms with Crippen LogP contribution in [0, 0.1) is 11.8 Å². The van der Waals surface area contributed by atoms with Crippen LogP contribution in [0.2, 0.25) is 0 Å². The van der Waals surface area contributed by atoms with Crippen LogP contribution in [-0.4, -0.2) is 30.1 Å². The molecule has 0 spiro atoms. The van der Waals surface area contributed by atoms with Crippen LogP contribution in [0.4, 0.5) is 0 Å². The Hall–Kier alpha value is -1.42. The van der Waals surface area contributed by atoms with Crippen LogP contribution >= 0.6 is 0 Å². The van der Waals surface area contributed by atoms with Crippen molar-refractivity contribution in [1.29, 1.82) is 0 Å². The van der Waals surface area contributed by atoms with Crippen molar-refractivity contribution in [2.75, 3.05) is 7.11 Å². The van der Waals surface area contributed by atoms with E-state index in [1.807, 2.05) is 6.08 Å². The minimum atomic E-state index is -0.287. The zero-order chi connectivity index (χ0) is 18.5. The van der Waals surface area contributed by atoms with Gasteiger partial charge in [0, 0.05) is 12.8 Å². The van der Waals surface area contributed by atoms with Crippen molar-refractivity contribution in [3.63, 3.8) is 0 Å². The molecule has 0 amide bonds. The number of carbonyl (C=O) groups excluding carboxylic acids is 2. The van der Waals surface area contributed by atoms with Crippen molar-refractivity contribution < 1.29 is 19.4 Å². The van der Waals surface area contributed by atoms with Crippen LogP contribution < -0.4 is 0 Å². The van der Waals surface area contributed by atoms with E-state index in [0.717, 1.165) is 51.4 Å². The third-order valence-electron chi connectivity index (χ3n) is 4.95. The maximum absolute atomic E-state index is 11.9. The molecule has 0 bridgehead atoms. The van der Waals surface area contributed by atoms with E-state index >= 15 is 0 Å². The number of aliphatic hydroxyl groups excluding tert-OH is 1. The van der Waals surface area contributed by atoms with Gasteiger partial charge in [-0.25, -0.2) is 0 Å². The number of hydrogen-bond donors (Lipinski definition) is 1. The van der Waals surface area contributed by atoms with Crippen LogP contribution in [0.25, 0.3) is 0 Å². The van der Waals surface area contributed by atoms with Gasteiger partial charge in [-0.3, -0.25) is 9.59 Å². The van der Waals surface area contributed by atoms with Gasteiger partial charge in [0.05, 0.1) is 13.2 Å². The van der Waals surface area contributed by atoms with Crippen molar-refractivity contribution in [2.45, 2.75) is 77.2 Å². The molecule has 4 nitrogen and oxygen atoms in total. The predicted octanol–water partition coefficient (Wildman–Crippen LogP) is 4.37. The Labute approximate surface area is 152 Å². The first-order valence-electron chi connectivity index (χ1n) is 9.69. The van der Waals surface area contributed by atoms with Gasteiger partial charge in [-0.15, -0.1) is 0 Å². The fourth-order valence-electron chi connectivity index (χ4n) is 3.35. The molecule has 1 N–H and O–H groups in total. The Morgan fingerprint density at radius 2 is 1.92 bits per heavy atom. The van der Waals surface area contributed by atoms with E-state index in [9.17, 15) is 14.7 Å². The van der Waals surface area contributed by atoms with Gasteiger partial charge in [-0.1, -0.05) is 38.0 Å². The molecule has 142 valence electrons. The number of ketones is 1. The van der Waals surface area contributed by atoms with Crippen molar-refractivity contribution >= 4 is 11.8 Å². The van der Waals surface area contributed by atoms with E-state index < -0.39 is 0 Å². The highest BCUT2D eigenvalue weighted by Crippen LogP contribution is 2.35. The van der Waals surface area contributed by atoms with Gasteiger partial charge >= 0.3 is 5.97 Å². The summed E-state index contributed by atoms with van der Waals surface area (Å²) in [5.74, 6) is 0.502. The average molecular weight is 350 g/mol. The van der Waals surface area contributed by atoms with E-state index in [1.54, 1.807) is 6.08 Å². The van der Waals surface area contributed by atoms with Crippen LogP contribution in [0.5, 0.6) is 0 Å². The first-order valence-corrected chi connectivity index (χ1v) is 9.69. The Kier molecular flexibility index (Phi) is 11.1. The summed E-state index contributed by atoms with van der Waals surface area (Å²) in [6.07, 6.45) is 16.1. The summed E-state index contributed by atoms with van der Waals surface area (Å²) in [6.45, 7) is 2.13. The average Bonchev–Trinajstić information content (AvgIpc) is 2.96. The molecule has 1 fully saturated rings. The molecule has 0 aromatic rings. The molecule has 1 rings (SSSR count). The lowest BCUT2D eigenvalue weighted by Crippen LogP contribution is -2.17. The predicted molar refractivity (Wildman–Crippen MR) is 100 cm³/mol. The molecule has 1 aliphatic rings. The molecule has 0 radical (unpaired) electrons. The number of hydrogen-bond acceptors (Lipinski definition) is 4. The molecule has 0 aliphatic heterocycles. The molecule has 3 unspecified atom stereocenters. The SMILES string of the molecule is CCCCCC(=O)C=CC1CCC(O)C1CC=CCCCC(=O)OC. The second-order valence-electron chi connectivity index (χ2n) is 6.93. The number of allylic oxidation sites excluding steroid dienone is 4. The van der Waals surface area contributed by atoms with E-state index in [4.69, 9.17) is 0 Å². The molecule has 3 atom stereocenters. The molecule has 0 saturated heterocycles.